The lowest BCUT2D eigenvalue weighted by Crippen LogP contribution is -2.09. The molecule has 1 aromatic carbocycles. The average molecular weight is 288 g/mol. The maximum Gasteiger partial charge on any atom is 0.353 e. The zero-order valence-electron chi connectivity index (χ0n) is 12.0. The molecular formula is C13H16N6O2. The predicted octanol–water partition coefficient (Wildman–Crippen LogP) is 2.24. The van der Waals surface area contributed by atoms with E-state index in [1.807, 2.05) is 43.3 Å². The van der Waals surface area contributed by atoms with Crippen molar-refractivity contribution in [1.29, 1.82) is 0 Å². The molecule has 0 saturated heterocycles. The van der Waals surface area contributed by atoms with Crippen LogP contribution in [0.1, 0.15) is 0 Å². The predicted molar refractivity (Wildman–Crippen MR) is 82.3 cm³/mol. The third kappa shape index (κ3) is 3.16. The van der Waals surface area contributed by atoms with Gasteiger partial charge in [0.05, 0.1) is 4.92 Å². The largest absolute Gasteiger partial charge is 0.378 e. The number of nitro groups is 1. The van der Waals surface area contributed by atoms with Crippen LogP contribution in [0.25, 0.3) is 0 Å². The number of rotatable bonds is 5. The Morgan fingerprint density at radius 1 is 1.24 bits per heavy atom. The van der Waals surface area contributed by atoms with Crippen LogP contribution in [0.15, 0.2) is 30.6 Å². The van der Waals surface area contributed by atoms with Crippen molar-refractivity contribution in [2.75, 3.05) is 36.7 Å². The molecule has 0 aliphatic rings. The molecule has 110 valence electrons. The van der Waals surface area contributed by atoms with E-state index >= 15 is 0 Å². The highest BCUT2D eigenvalue weighted by Crippen LogP contribution is 2.31. The molecule has 0 bridgehead atoms. The molecular weight excluding hydrogens is 272 g/mol. The quantitative estimate of drug-likeness (QED) is 0.643. The van der Waals surface area contributed by atoms with E-state index in [2.05, 4.69) is 20.6 Å². The van der Waals surface area contributed by atoms with E-state index in [1.165, 1.54) is 6.33 Å². The van der Waals surface area contributed by atoms with E-state index < -0.39 is 4.92 Å². The lowest BCUT2D eigenvalue weighted by Gasteiger charge is -2.14. The maximum absolute atomic E-state index is 11.2. The summed E-state index contributed by atoms with van der Waals surface area (Å²) in [4.78, 5) is 20.5. The van der Waals surface area contributed by atoms with Gasteiger partial charge < -0.3 is 15.5 Å². The van der Waals surface area contributed by atoms with Crippen LogP contribution in [0.3, 0.4) is 0 Å². The summed E-state index contributed by atoms with van der Waals surface area (Å²) in [5.41, 5.74) is 1.51. The van der Waals surface area contributed by atoms with Gasteiger partial charge in [-0.2, -0.15) is 0 Å². The van der Waals surface area contributed by atoms with Gasteiger partial charge in [-0.05, 0) is 18.2 Å². The van der Waals surface area contributed by atoms with E-state index in [1.54, 1.807) is 7.05 Å². The molecule has 0 unspecified atom stereocenters. The van der Waals surface area contributed by atoms with Gasteiger partial charge in [-0.1, -0.05) is 6.07 Å². The van der Waals surface area contributed by atoms with E-state index in [0.29, 0.717) is 5.69 Å². The van der Waals surface area contributed by atoms with Gasteiger partial charge in [0.25, 0.3) is 0 Å². The SMILES string of the molecule is CNc1ncnc(Nc2cccc(N(C)C)c2)c1[N+](=O)[O-]. The molecule has 0 atom stereocenters. The molecule has 2 N–H and O–H groups in total. The second-order valence-electron chi connectivity index (χ2n) is 4.50. The van der Waals surface area contributed by atoms with Gasteiger partial charge in [-0.15, -0.1) is 0 Å². The first-order valence-corrected chi connectivity index (χ1v) is 6.24. The summed E-state index contributed by atoms with van der Waals surface area (Å²) in [5.74, 6) is 0.316. The average Bonchev–Trinajstić information content (AvgIpc) is 2.46. The summed E-state index contributed by atoms with van der Waals surface area (Å²) in [6, 6.07) is 7.50. The molecule has 0 radical (unpaired) electrons. The fraction of sp³-hybridized carbons (Fsp3) is 0.231. The Kier molecular flexibility index (Phi) is 4.17. The minimum Gasteiger partial charge on any atom is -0.378 e. The van der Waals surface area contributed by atoms with Crippen molar-refractivity contribution < 1.29 is 4.92 Å². The molecule has 1 heterocycles. The Morgan fingerprint density at radius 3 is 2.57 bits per heavy atom. The Bertz CT molecular complexity index is 659. The van der Waals surface area contributed by atoms with Gasteiger partial charge in [0.1, 0.15) is 6.33 Å². The van der Waals surface area contributed by atoms with Crippen LogP contribution in [0.5, 0.6) is 0 Å². The Morgan fingerprint density at radius 2 is 1.95 bits per heavy atom. The normalized spacial score (nSPS) is 10.0. The number of benzene rings is 1. The zero-order valence-corrected chi connectivity index (χ0v) is 12.0. The van der Waals surface area contributed by atoms with Crippen molar-refractivity contribution in [3.8, 4) is 0 Å². The summed E-state index contributed by atoms with van der Waals surface area (Å²) < 4.78 is 0. The van der Waals surface area contributed by atoms with Gasteiger partial charge in [0, 0.05) is 32.5 Å². The molecule has 2 aromatic rings. The molecule has 0 aliphatic carbocycles. The molecule has 0 spiro atoms. The second kappa shape index (κ2) is 6.04. The van der Waals surface area contributed by atoms with E-state index in [4.69, 9.17) is 0 Å². The van der Waals surface area contributed by atoms with Crippen LogP contribution in [0.4, 0.5) is 28.7 Å². The summed E-state index contributed by atoms with van der Waals surface area (Å²) >= 11 is 0. The van der Waals surface area contributed by atoms with Crippen molar-refractivity contribution in [3.05, 3.63) is 40.7 Å². The molecule has 8 nitrogen and oxygen atoms in total. The number of aromatic nitrogens is 2. The molecule has 1 aromatic heterocycles. The van der Waals surface area contributed by atoms with Gasteiger partial charge in [0.15, 0.2) is 0 Å². The van der Waals surface area contributed by atoms with Gasteiger partial charge in [0.2, 0.25) is 11.6 Å². The van der Waals surface area contributed by atoms with Crippen LogP contribution in [-0.4, -0.2) is 36.0 Å². The topological polar surface area (TPSA) is 96.2 Å². The summed E-state index contributed by atoms with van der Waals surface area (Å²) in [6.07, 6.45) is 1.27. The van der Waals surface area contributed by atoms with Crippen LogP contribution in [-0.2, 0) is 0 Å². The maximum atomic E-state index is 11.2. The summed E-state index contributed by atoms with van der Waals surface area (Å²) in [5, 5.41) is 16.9. The van der Waals surface area contributed by atoms with Crippen molar-refractivity contribution in [2.45, 2.75) is 0 Å². The Balaban J connectivity index is 2.40. The van der Waals surface area contributed by atoms with Crippen LogP contribution >= 0.6 is 0 Å². The van der Waals surface area contributed by atoms with Gasteiger partial charge in [-0.25, -0.2) is 9.97 Å². The van der Waals surface area contributed by atoms with E-state index in [0.717, 1.165) is 5.69 Å². The van der Waals surface area contributed by atoms with Crippen LogP contribution in [0.2, 0.25) is 0 Å². The van der Waals surface area contributed by atoms with Gasteiger partial charge >= 0.3 is 5.69 Å². The molecule has 0 amide bonds. The van der Waals surface area contributed by atoms with Crippen molar-refractivity contribution >= 4 is 28.7 Å². The monoisotopic (exact) mass is 288 g/mol. The van der Waals surface area contributed by atoms with Crippen molar-refractivity contribution in [3.63, 3.8) is 0 Å². The first-order valence-electron chi connectivity index (χ1n) is 6.24. The molecule has 0 saturated carbocycles. The third-order valence-corrected chi connectivity index (χ3v) is 2.87. The zero-order chi connectivity index (χ0) is 15.4. The van der Waals surface area contributed by atoms with Crippen LogP contribution in [0, 0.1) is 10.1 Å². The molecule has 21 heavy (non-hydrogen) atoms. The number of anilines is 4. The molecule has 0 aliphatic heterocycles. The number of nitrogens with one attached hydrogen (secondary N) is 2. The van der Waals surface area contributed by atoms with Gasteiger partial charge in [-0.3, -0.25) is 10.1 Å². The Labute approximate surface area is 122 Å². The second-order valence-corrected chi connectivity index (χ2v) is 4.50. The highest BCUT2D eigenvalue weighted by molar-refractivity contribution is 5.74. The van der Waals surface area contributed by atoms with E-state index in [-0.39, 0.29) is 17.3 Å². The Hall–Kier alpha value is -2.90. The van der Waals surface area contributed by atoms with E-state index in [9.17, 15) is 10.1 Å². The first-order chi connectivity index (χ1) is 10.0. The minimum atomic E-state index is -0.510. The highest BCUT2D eigenvalue weighted by atomic mass is 16.6. The first kappa shape index (κ1) is 14.5. The smallest absolute Gasteiger partial charge is 0.353 e. The molecule has 0 fully saturated rings. The molecule has 8 heteroatoms. The highest BCUT2D eigenvalue weighted by Gasteiger charge is 2.22. The fourth-order valence-electron chi connectivity index (χ4n) is 1.82. The van der Waals surface area contributed by atoms with Crippen molar-refractivity contribution in [1.82, 2.24) is 9.97 Å². The number of hydrogen-bond donors (Lipinski definition) is 2. The van der Waals surface area contributed by atoms with Crippen molar-refractivity contribution in [2.24, 2.45) is 0 Å². The fourth-order valence-corrected chi connectivity index (χ4v) is 1.82. The third-order valence-electron chi connectivity index (χ3n) is 2.87. The standard InChI is InChI=1S/C13H16N6O2/c1-14-12-11(19(20)21)13(16-8-15-12)17-9-5-4-6-10(7-9)18(2)3/h4-8H,1-3H3,(H2,14,15,16,17). The number of nitrogens with zero attached hydrogens (tertiary/aromatic N) is 4. The lowest BCUT2D eigenvalue weighted by atomic mass is 10.2. The summed E-state index contributed by atoms with van der Waals surface area (Å²) in [7, 11) is 5.42. The molecule has 2 rings (SSSR count). The lowest BCUT2D eigenvalue weighted by molar-refractivity contribution is -0.383. The summed E-state index contributed by atoms with van der Waals surface area (Å²) in [6.45, 7) is 0. The van der Waals surface area contributed by atoms with Crippen LogP contribution < -0.4 is 15.5 Å². The minimum absolute atomic E-state index is 0.148. The number of hydrogen-bond acceptors (Lipinski definition) is 7.